The van der Waals surface area contributed by atoms with Gasteiger partial charge in [0.25, 0.3) is 25.2 Å². The summed E-state index contributed by atoms with van der Waals surface area (Å²) < 4.78 is 128. The van der Waals surface area contributed by atoms with Gasteiger partial charge in [0.2, 0.25) is 0 Å². The highest BCUT2D eigenvalue weighted by Crippen LogP contribution is 2.59. The highest BCUT2D eigenvalue weighted by molar-refractivity contribution is 7.49. The number of aryl methyl sites for hydroxylation is 3. The van der Waals surface area contributed by atoms with Crippen molar-refractivity contribution in [2.75, 3.05) is 40.6 Å². The minimum Gasteiger partial charge on any atom is -0.497 e. The van der Waals surface area contributed by atoms with Crippen molar-refractivity contribution in [3.05, 3.63) is 252 Å². The van der Waals surface area contributed by atoms with Crippen molar-refractivity contribution >= 4 is 47.4 Å². The molecule has 5 aromatic carbocycles. The van der Waals surface area contributed by atoms with E-state index in [-0.39, 0.29) is 76.2 Å². The highest BCUT2D eigenvalue weighted by atomic mass is 35.5. The normalized spacial score (nSPS) is 21.6. The lowest BCUT2D eigenvalue weighted by Crippen LogP contribution is -2.38. The van der Waals surface area contributed by atoms with Crippen LogP contribution in [0.4, 0.5) is 0 Å². The first-order chi connectivity index (χ1) is 51.2. The van der Waals surface area contributed by atoms with E-state index in [9.17, 15) is 34.0 Å². The second-order valence-electron chi connectivity index (χ2n) is 25.9. The second-order valence-corrected chi connectivity index (χ2v) is 31.2. The quantitative estimate of drug-likeness (QED) is 0.0195. The van der Waals surface area contributed by atoms with Crippen LogP contribution in [0.15, 0.2) is 175 Å². The maximum absolute atomic E-state index is 16.3. The Labute approximate surface area is 625 Å². The molecule has 11 rings (SSSR count). The second kappa shape index (κ2) is 35.0. The number of nitrogens with zero attached hydrogens (tertiary/aromatic N) is 5. The maximum Gasteiger partial charge on any atom is 0.530 e. The minimum atomic E-state index is -5.28. The molecule has 8 aromatic rings. The maximum atomic E-state index is 16.3. The van der Waals surface area contributed by atoms with Crippen LogP contribution in [0.3, 0.4) is 0 Å². The molecule has 3 aliphatic rings. The van der Waals surface area contributed by atoms with Crippen LogP contribution in [0.25, 0.3) is 0 Å². The van der Waals surface area contributed by atoms with Crippen LogP contribution in [-0.2, 0) is 60.8 Å². The molecular weight excluding hydrogens is 1490 g/mol. The molecule has 0 saturated carbocycles. The zero-order valence-electron chi connectivity index (χ0n) is 59.7. The molecule has 0 aliphatic carbocycles. The molecule has 35 heteroatoms. The van der Waals surface area contributed by atoms with Gasteiger partial charge in [-0.15, -0.1) is 0 Å². The standard InChI is InChI=1S/C72H81Cl2N8O22P3/c1-43(2)82(44(3)4)105(94-33-17-32-75)100-57-34-63(79-37-45(5)66(83)76-69(79)86)98-61(57)41-95-106(89,101-55-22-15-13-20-53(55)73)104-59-36-65(81-39-47(7)68(85)78-71(81)88)99-62(59)42-96-107(90,102-56-23-16-14-21-54(56)74)103-58-35-64(80-38-46(6)67(84)77-70(80)87)97-60(58)40-93-72(48-18-11-10-12-19-48,49-24-28-51(91-8)29-25-49)50-26-30-52(92-9)31-27-50/h10-16,18-31,37-39,43-44,57-65H,17,33-36,40-42H2,1-9H3,(H,76,83,86)(H,77,84,87)(H,78,85,88)/t57-,58-,59-,60+,61+,62+,63+,64+,65+,105?,106?,107?/m0/s1. The van der Waals surface area contributed by atoms with Crippen molar-refractivity contribution in [3.8, 4) is 29.1 Å². The summed E-state index contributed by atoms with van der Waals surface area (Å²) in [6.07, 6.45) is -8.83. The third kappa shape index (κ3) is 18.8. The number of nitriles is 1. The summed E-state index contributed by atoms with van der Waals surface area (Å²) in [5.41, 5.74) is -3.70. The molecule has 0 spiro atoms. The monoisotopic (exact) mass is 1570 g/mol. The van der Waals surface area contributed by atoms with E-state index in [2.05, 4.69) is 21.0 Å². The summed E-state index contributed by atoms with van der Waals surface area (Å²) in [5.74, 6) is 0.708. The Morgan fingerprint density at radius 2 is 0.925 bits per heavy atom. The average Bonchev–Trinajstić information content (AvgIpc) is 1.08. The predicted molar refractivity (Wildman–Crippen MR) is 393 cm³/mol. The first-order valence-corrected chi connectivity index (χ1v) is 38.9. The number of aromatic nitrogens is 6. The Morgan fingerprint density at radius 1 is 0.551 bits per heavy atom. The van der Waals surface area contributed by atoms with Gasteiger partial charge in [0.1, 0.15) is 77.8 Å². The van der Waals surface area contributed by atoms with E-state index < -0.39 is 145 Å². The predicted octanol–water partition coefficient (Wildman–Crippen LogP) is 11.6. The number of halogens is 2. The average molecular weight is 1570 g/mol. The summed E-state index contributed by atoms with van der Waals surface area (Å²) in [6, 6.07) is 37.5. The van der Waals surface area contributed by atoms with Gasteiger partial charge in [0, 0.05) is 66.6 Å². The van der Waals surface area contributed by atoms with E-state index in [1.54, 1.807) is 56.7 Å². The Hall–Kier alpha value is -8.14. The number of phosphoric acid groups is 2. The topological polar surface area (TPSA) is 355 Å². The Morgan fingerprint density at radius 3 is 1.32 bits per heavy atom. The fourth-order valence-electron chi connectivity index (χ4n) is 12.6. The molecule has 570 valence electrons. The van der Waals surface area contributed by atoms with E-state index in [1.165, 1.54) is 74.3 Å². The van der Waals surface area contributed by atoms with Crippen molar-refractivity contribution in [2.24, 2.45) is 0 Å². The van der Waals surface area contributed by atoms with Crippen molar-refractivity contribution in [3.63, 3.8) is 0 Å². The summed E-state index contributed by atoms with van der Waals surface area (Å²) in [4.78, 5) is 86.5. The number of hydrogen-bond donors (Lipinski definition) is 3. The molecule has 6 heterocycles. The van der Waals surface area contributed by atoms with Crippen molar-refractivity contribution in [1.29, 1.82) is 5.26 Å². The molecule has 0 bridgehead atoms. The molecule has 3 saturated heterocycles. The number of para-hydroxylation sites is 2. The van der Waals surface area contributed by atoms with Gasteiger partial charge in [0.15, 0.2) is 0 Å². The molecule has 3 unspecified atom stereocenters. The lowest BCUT2D eigenvalue weighted by Gasteiger charge is -2.37. The number of nitrogens with one attached hydrogen (secondary N) is 3. The lowest BCUT2D eigenvalue weighted by molar-refractivity contribution is -0.0950. The Kier molecular flexibility index (Phi) is 26.2. The molecule has 0 amide bonds. The van der Waals surface area contributed by atoms with Gasteiger partial charge in [-0.3, -0.25) is 61.1 Å². The largest absolute Gasteiger partial charge is 0.530 e. The summed E-state index contributed by atoms with van der Waals surface area (Å²) >= 11 is 13.5. The zero-order valence-corrected chi connectivity index (χ0v) is 63.9. The van der Waals surface area contributed by atoms with Gasteiger partial charge < -0.3 is 46.5 Å². The highest BCUT2D eigenvalue weighted by Gasteiger charge is 2.51. The molecule has 3 aromatic heterocycles. The van der Waals surface area contributed by atoms with Crippen LogP contribution in [0, 0.1) is 32.1 Å². The number of rotatable bonds is 33. The first-order valence-electron chi connectivity index (χ1n) is 34.1. The van der Waals surface area contributed by atoms with Gasteiger partial charge in [-0.1, -0.05) is 102 Å². The van der Waals surface area contributed by atoms with Crippen molar-refractivity contribution in [2.45, 2.75) is 147 Å². The molecule has 3 N–H and O–H groups in total. The Bertz CT molecular complexity index is 4890. The van der Waals surface area contributed by atoms with Gasteiger partial charge in [-0.05, 0) is 114 Å². The Balaban J connectivity index is 0.970. The number of methoxy groups -OCH3 is 2. The van der Waals surface area contributed by atoms with Crippen LogP contribution in [0.2, 0.25) is 10.0 Å². The lowest BCUT2D eigenvalue weighted by atomic mass is 9.80. The van der Waals surface area contributed by atoms with Crippen molar-refractivity contribution < 1.29 is 73.7 Å². The third-order valence-electron chi connectivity index (χ3n) is 17.9. The smallest absolute Gasteiger partial charge is 0.497 e. The van der Waals surface area contributed by atoms with Gasteiger partial charge >= 0.3 is 32.7 Å². The third-order valence-corrected chi connectivity index (χ3v) is 23.5. The number of phosphoric ester groups is 2. The van der Waals surface area contributed by atoms with Crippen molar-refractivity contribution in [1.82, 2.24) is 33.3 Å². The van der Waals surface area contributed by atoms with Gasteiger partial charge in [0.05, 0.1) is 69.3 Å². The van der Waals surface area contributed by atoms with Crippen LogP contribution >= 0.6 is 47.4 Å². The molecule has 0 radical (unpaired) electrons. The van der Waals surface area contributed by atoms with Gasteiger partial charge in [-0.2, -0.15) is 5.26 Å². The van der Waals surface area contributed by atoms with Crippen LogP contribution in [0.5, 0.6) is 23.0 Å². The number of benzene rings is 5. The van der Waals surface area contributed by atoms with Crippen LogP contribution in [-0.4, -0.2) is 123 Å². The summed E-state index contributed by atoms with van der Waals surface area (Å²) in [6.45, 7) is 10.2. The van der Waals surface area contributed by atoms with Crippen LogP contribution in [0.1, 0.15) is 105 Å². The molecule has 3 fully saturated rings. The van der Waals surface area contributed by atoms with E-state index in [0.717, 1.165) is 9.13 Å². The molecule has 30 nitrogen and oxygen atoms in total. The fraction of sp³-hybridized carbons (Fsp3) is 0.403. The number of H-pyrrole nitrogens is 3. The number of hydrogen-bond acceptors (Lipinski definition) is 24. The fourth-order valence-corrected chi connectivity index (χ4v) is 17.7. The first kappa shape index (κ1) is 79.9. The van der Waals surface area contributed by atoms with E-state index in [1.807, 2.05) is 87.0 Å². The molecule has 12 atom stereocenters. The zero-order chi connectivity index (χ0) is 76.5. The molecule has 3 aliphatic heterocycles. The number of aromatic amines is 3. The van der Waals surface area contributed by atoms with E-state index in [0.29, 0.717) is 28.2 Å². The van der Waals surface area contributed by atoms with Crippen LogP contribution < -0.4 is 52.3 Å². The molecular formula is C72H81Cl2N8O22P3. The molecule has 107 heavy (non-hydrogen) atoms. The number of ether oxygens (including phenoxy) is 6. The van der Waals surface area contributed by atoms with Gasteiger partial charge in [-0.25, -0.2) is 28.2 Å². The summed E-state index contributed by atoms with van der Waals surface area (Å²) in [7, 11) is -9.44. The SMILES string of the molecule is COc1ccc(C(OC[C@H]2O[C@@H](n3cc(C)c(=O)[nH]c3=O)C[C@@H]2OP(=O)(OC[C@H]2O[C@@H](n3cc(C)c(=O)[nH]c3=O)C[C@@H]2OP(=O)(OC[C@H]2O[C@@H](n3cc(C)c(=O)[nH]c3=O)C[C@@H]2OP(OCCC#N)N(C(C)C)C(C)C)Oc2ccccc2Cl)Oc2ccccc2Cl)(c2ccccc2)c2ccc(OC)cc2)cc1. The van der Waals surface area contributed by atoms with E-state index in [4.69, 9.17) is 87.8 Å². The van der Waals surface area contributed by atoms with E-state index >= 15 is 9.13 Å². The minimum absolute atomic E-state index is 0.0172. The summed E-state index contributed by atoms with van der Waals surface area (Å²) in [5, 5.41) is 9.45.